The lowest BCUT2D eigenvalue weighted by atomic mass is 9.96. The fourth-order valence-corrected chi connectivity index (χ4v) is 11.1. The number of carbonyl (C=O) groups is 1. The molecule has 17 atom stereocenters. The smallest absolute Gasteiger partial charge is 0.220 e. The van der Waals surface area contributed by atoms with Crippen molar-refractivity contribution < 1.29 is 89.4 Å². The molecule has 0 aromatic rings. The molecule has 0 saturated carbocycles. The van der Waals surface area contributed by atoms with E-state index in [4.69, 9.17) is 28.4 Å². The summed E-state index contributed by atoms with van der Waals surface area (Å²) in [4.78, 5) is 13.3. The van der Waals surface area contributed by atoms with Gasteiger partial charge in [0.2, 0.25) is 5.91 Å². The third-order valence-electron chi connectivity index (χ3n) is 16.6. The van der Waals surface area contributed by atoms with E-state index in [2.05, 4.69) is 55.6 Å². The van der Waals surface area contributed by atoms with Gasteiger partial charge in [0.15, 0.2) is 18.9 Å². The normalized spacial score (nSPS) is 29.3. The molecule has 17 unspecified atom stereocenters. The van der Waals surface area contributed by atoms with Crippen molar-refractivity contribution in [1.82, 2.24) is 5.32 Å². The molecule has 0 bridgehead atoms. The van der Waals surface area contributed by atoms with Crippen molar-refractivity contribution in [1.29, 1.82) is 0 Å². The molecule has 0 aliphatic carbocycles. The molecule has 0 aromatic carbocycles. The number of hydrogen-bond acceptors (Lipinski definition) is 18. The summed E-state index contributed by atoms with van der Waals surface area (Å²) in [5, 5.41) is 120. The Morgan fingerprint density at radius 2 is 0.776 bits per heavy atom. The first kappa shape index (κ1) is 77.0. The molecule has 496 valence electrons. The number of carbonyl (C=O) groups excluding carboxylic acids is 1. The minimum absolute atomic E-state index is 0.243. The van der Waals surface area contributed by atoms with Crippen LogP contribution in [0.15, 0.2) is 48.6 Å². The van der Waals surface area contributed by atoms with Crippen molar-refractivity contribution in [2.45, 2.75) is 336 Å². The maximum absolute atomic E-state index is 13.3. The molecule has 0 radical (unpaired) electrons. The summed E-state index contributed by atoms with van der Waals surface area (Å²) in [7, 11) is 0. The van der Waals surface area contributed by atoms with Gasteiger partial charge in [0, 0.05) is 6.42 Å². The Hall–Kier alpha value is -2.25. The van der Waals surface area contributed by atoms with Gasteiger partial charge in [-0.05, 0) is 57.8 Å². The van der Waals surface area contributed by atoms with Gasteiger partial charge in [-0.15, -0.1) is 0 Å². The minimum Gasteiger partial charge on any atom is -0.394 e. The standard InChI is InChI=1S/C66H119NO18/c1-3-5-7-9-11-12-13-14-15-16-17-18-19-20-21-22-23-24-25-26-27-28-29-30-31-32-33-34-35-36-38-40-42-44-54(72)67-49(50(71)43-41-39-37-10-8-6-4-2)48-80-64-60(78)57(75)62(52(46-69)82-64)85-66-61(79)58(76)63(53(47-70)83-66)84-65-59(77)56(74)55(73)51(45-68)81-65/h13-14,16-17,19-20,41,43,49-53,55-66,68-71,73-79H,3-12,15,18,21-40,42,44-48H2,1-2H3,(H,67,72)/b14-13-,17-16-,20-19-,43-41+. The van der Waals surface area contributed by atoms with Crippen LogP contribution >= 0.6 is 0 Å². The molecule has 85 heavy (non-hydrogen) atoms. The number of allylic oxidation sites excluding steroid dienone is 7. The largest absolute Gasteiger partial charge is 0.394 e. The van der Waals surface area contributed by atoms with Crippen molar-refractivity contribution in [3.8, 4) is 0 Å². The van der Waals surface area contributed by atoms with Gasteiger partial charge in [-0.25, -0.2) is 0 Å². The van der Waals surface area contributed by atoms with E-state index in [0.717, 1.165) is 70.6 Å². The molecular formula is C66H119NO18. The van der Waals surface area contributed by atoms with Crippen LogP contribution in [0.5, 0.6) is 0 Å². The second-order valence-corrected chi connectivity index (χ2v) is 23.9. The minimum atomic E-state index is -1.98. The first-order valence-corrected chi connectivity index (χ1v) is 33.4. The summed E-state index contributed by atoms with van der Waals surface area (Å²) in [6, 6.07) is -0.969. The molecule has 0 aromatic heterocycles. The third-order valence-corrected chi connectivity index (χ3v) is 16.6. The van der Waals surface area contributed by atoms with Gasteiger partial charge < -0.3 is 89.9 Å². The summed E-state index contributed by atoms with van der Waals surface area (Å²) in [5.41, 5.74) is 0. The number of aliphatic hydroxyl groups excluding tert-OH is 11. The highest BCUT2D eigenvalue weighted by atomic mass is 16.8. The van der Waals surface area contributed by atoms with E-state index in [0.29, 0.717) is 6.42 Å². The molecule has 1 amide bonds. The number of amides is 1. The van der Waals surface area contributed by atoms with Crippen molar-refractivity contribution in [2.75, 3.05) is 26.4 Å². The molecule has 3 aliphatic rings. The lowest BCUT2D eigenvalue weighted by Gasteiger charge is -2.48. The number of nitrogens with one attached hydrogen (secondary N) is 1. The molecule has 0 spiro atoms. The lowest BCUT2D eigenvalue weighted by molar-refractivity contribution is -0.379. The van der Waals surface area contributed by atoms with E-state index in [9.17, 15) is 61.0 Å². The van der Waals surface area contributed by atoms with Crippen LogP contribution in [0, 0.1) is 0 Å². The van der Waals surface area contributed by atoms with Crippen LogP contribution < -0.4 is 5.32 Å². The van der Waals surface area contributed by atoms with Crippen LogP contribution in [0.3, 0.4) is 0 Å². The maximum Gasteiger partial charge on any atom is 0.220 e. The molecular weight excluding hydrogens is 1090 g/mol. The molecule has 3 heterocycles. The Bertz CT molecular complexity index is 1740. The Morgan fingerprint density at radius 3 is 1.21 bits per heavy atom. The van der Waals surface area contributed by atoms with Crippen LogP contribution in [-0.4, -0.2) is 193 Å². The van der Waals surface area contributed by atoms with Gasteiger partial charge in [0.1, 0.15) is 73.2 Å². The first-order chi connectivity index (χ1) is 41.3. The van der Waals surface area contributed by atoms with Gasteiger partial charge >= 0.3 is 0 Å². The van der Waals surface area contributed by atoms with Crippen LogP contribution in [0.1, 0.15) is 232 Å². The monoisotopic (exact) mass is 1210 g/mol. The Kier molecular flexibility index (Phi) is 44.0. The van der Waals surface area contributed by atoms with Gasteiger partial charge in [-0.2, -0.15) is 0 Å². The number of hydrogen-bond donors (Lipinski definition) is 12. The fourth-order valence-electron chi connectivity index (χ4n) is 11.1. The summed E-state index contributed by atoms with van der Waals surface area (Å²) in [5.74, 6) is -0.279. The highest BCUT2D eigenvalue weighted by Gasteiger charge is 2.53. The number of unbranched alkanes of at least 4 members (excludes halogenated alkanes) is 28. The molecule has 19 nitrogen and oxygen atoms in total. The van der Waals surface area contributed by atoms with Gasteiger partial charge in [-0.3, -0.25) is 4.79 Å². The fraction of sp³-hybridized carbons (Fsp3) is 0.864. The second-order valence-electron chi connectivity index (χ2n) is 23.9. The Balaban J connectivity index is 1.30. The van der Waals surface area contributed by atoms with Gasteiger partial charge in [0.05, 0.1) is 38.6 Å². The summed E-state index contributed by atoms with van der Waals surface area (Å²) < 4.78 is 34.2. The van der Waals surface area contributed by atoms with Crippen LogP contribution in [0.2, 0.25) is 0 Å². The Labute approximate surface area is 510 Å². The highest BCUT2D eigenvalue weighted by Crippen LogP contribution is 2.33. The van der Waals surface area contributed by atoms with E-state index in [1.165, 1.54) is 135 Å². The summed E-state index contributed by atoms with van der Waals surface area (Å²) in [6.07, 6.45) is 30.2. The summed E-state index contributed by atoms with van der Waals surface area (Å²) in [6.45, 7) is 1.64. The van der Waals surface area contributed by atoms with Gasteiger partial charge in [-0.1, -0.05) is 217 Å². The average molecular weight is 1210 g/mol. The number of ether oxygens (including phenoxy) is 6. The number of aliphatic hydroxyl groups is 11. The summed E-state index contributed by atoms with van der Waals surface area (Å²) >= 11 is 0. The van der Waals surface area contributed by atoms with E-state index in [1.54, 1.807) is 6.08 Å². The van der Waals surface area contributed by atoms with Gasteiger partial charge in [0.25, 0.3) is 0 Å². The maximum atomic E-state index is 13.3. The third kappa shape index (κ3) is 31.4. The van der Waals surface area contributed by atoms with E-state index < -0.39 is 124 Å². The zero-order valence-corrected chi connectivity index (χ0v) is 52.1. The molecule has 3 rings (SSSR count). The molecule has 19 heteroatoms. The SMILES string of the molecule is CCCCCCC/C=C\C/C=C\C/C=C\CCCCCCCCCCCCCCCCCCCCC(=O)NC(COC1OC(CO)C(OC2OC(CO)C(OC3OC(CO)C(O)C(O)C3O)C(O)C2O)C(O)C1O)C(O)/C=C/CCCCCCC. The molecule has 3 saturated heterocycles. The quantitative estimate of drug-likeness (QED) is 0.0204. The molecule has 3 fully saturated rings. The molecule has 3 aliphatic heterocycles. The molecule has 12 N–H and O–H groups in total. The first-order valence-electron chi connectivity index (χ1n) is 33.4. The Morgan fingerprint density at radius 1 is 0.424 bits per heavy atom. The topological polar surface area (TPSA) is 307 Å². The zero-order valence-electron chi connectivity index (χ0n) is 52.1. The zero-order chi connectivity index (χ0) is 61.9. The van der Waals surface area contributed by atoms with Crippen LogP contribution in [-0.2, 0) is 33.2 Å². The predicted octanol–water partition coefficient (Wildman–Crippen LogP) is 7.83. The highest BCUT2D eigenvalue weighted by molar-refractivity contribution is 5.76. The lowest BCUT2D eigenvalue weighted by Crippen LogP contribution is -2.66. The van der Waals surface area contributed by atoms with Crippen LogP contribution in [0.25, 0.3) is 0 Å². The van der Waals surface area contributed by atoms with E-state index in [-0.39, 0.29) is 18.9 Å². The number of rotatable bonds is 50. The van der Waals surface area contributed by atoms with Crippen molar-refractivity contribution >= 4 is 5.91 Å². The van der Waals surface area contributed by atoms with Crippen molar-refractivity contribution in [3.05, 3.63) is 48.6 Å². The van der Waals surface area contributed by atoms with Crippen molar-refractivity contribution in [3.63, 3.8) is 0 Å². The van der Waals surface area contributed by atoms with E-state index >= 15 is 0 Å². The van der Waals surface area contributed by atoms with Crippen molar-refractivity contribution in [2.24, 2.45) is 0 Å². The van der Waals surface area contributed by atoms with Crippen LogP contribution in [0.4, 0.5) is 0 Å². The average Bonchev–Trinajstić information content (AvgIpc) is 3.70. The van der Waals surface area contributed by atoms with E-state index in [1.807, 2.05) is 6.08 Å². The predicted molar refractivity (Wildman–Crippen MR) is 328 cm³/mol. The second kappa shape index (κ2) is 48.6.